The Hall–Kier alpha value is -2.34. The quantitative estimate of drug-likeness (QED) is 0.515. The van der Waals surface area contributed by atoms with Crippen LogP contribution in [0.1, 0.15) is 5.69 Å². The van der Waals surface area contributed by atoms with Crippen molar-refractivity contribution in [3.8, 4) is 5.75 Å². The molecule has 20 heavy (non-hydrogen) atoms. The minimum absolute atomic E-state index is 0.403. The number of para-hydroxylation sites is 2. The van der Waals surface area contributed by atoms with Gasteiger partial charge in [0.25, 0.3) is 0 Å². The van der Waals surface area contributed by atoms with E-state index in [2.05, 4.69) is 15.8 Å². The molecule has 0 aliphatic rings. The molecule has 0 spiro atoms. The molecule has 104 valence electrons. The number of aryl methyl sites for hydroxylation is 1. The van der Waals surface area contributed by atoms with Crippen LogP contribution in [0.5, 0.6) is 5.75 Å². The number of anilines is 1. The zero-order valence-corrected chi connectivity index (χ0v) is 12.1. The van der Waals surface area contributed by atoms with Crippen LogP contribution in [0, 0.1) is 0 Å². The molecule has 0 saturated carbocycles. The lowest BCUT2D eigenvalue weighted by Gasteiger charge is -2.10. The summed E-state index contributed by atoms with van der Waals surface area (Å²) in [6.07, 6.45) is 3.66. The second-order valence-corrected chi connectivity index (χ2v) is 4.48. The highest BCUT2D eigenvalue weighted by atomic mass is 32.1. The summed E-state index contributed by atoms with van der Waals surface area (Å²) in [5.41, 5.74) is 4.55. The van der Waals surface area contributed by atoms with E-state index in [0.29, 0.717) is 5.11 Å². The van der Waals surface area contributed by atoms with Crippen LogP contribution in [0.25, 0.3) is 0 Å². The molecule has 0 aliphatic heterocycles. The second kappa shape index (κ2) is 6.72. The maximum Gasteiger partial charge on any atom is 0.191 e. The van der Waals surface area contributed by atoms with Gasteiger partial charge in [0, 0.05) is 13.2 Å². The van der Waals surface area contributed by atoms with Gasteiger partial charge in [0.05, 0.1) is 24.7 Å². The van der Waals surface area contributed by atoms with E-state index >= 15 is 0 Å². The summed E-state index contributed by atoms with van der Waals surface area (Å²) in [4.78, 5) is 0. The monoisotopic (exact) mass is 288 g/mol. The molecule has 1 aromatic heterocycles. The van der Waals surface area contributed by atoms with Gasteiger partial charge in [-0.05, 0) is 36.5 Å². The molecule has 0 bridgehead atoms. The van der Waals surface area contributed by atoms with Gasteiger partial charge in [-0.3, -0.25) is 5.43 Å². The molecule has 0 aliphatic carbocycles. The maximum atomic E-state index is 5.23. The van der Waals surface area contributed by atoms with Crippen LogP contribution in [0.3, 0.4) is 0 Å². The van der Waals surface area contributed by atoms with Crippen molar-refractivity contribution in [2.45, 2.75) is 0 Å². The predicted molar refractivity (Wildman–Crippen MR) is 85.4 cm³/mol. The number of benzene rings is 1. The van der Waals surface area contributed by atoms with Gasteiger partial charge in [0.1, 0.15) is 5.75 Å². The lowest BCUT2D eigenvalue weighted by atomic mass is 10.3. The third-order valence-electron chi connectivity index (χ3n) is 2.70. The average Bonchev–Trinajstić information content (AvgIpc) is 2.85. The number of hydrogen-bond acceptors (Lipinski definition) is 3. The van der Waals surface area contributed by atoms with Crippen molar-refractivity contribution in [3.63, 3.8) is 0 Å². The van der Waals surface area contributed by atoms with Gasteiger partial charge >= 0.3 is 0 Å². The van der Waals surface area contributed by atoms with Crippen molar-refractivity contribution in [2.24, 2.45) is 12.1 Å². The number of methoxy groups -OCH3 is 1. The van der Waals surface area contributed by atoms with E-state index in [4.69, 9.17) is 17.0 Å². The summed E-state index contributed by atoms with van der Waals surface area (Å²) in [6, 6.07) is 11.5. The Balaban J connectivity index is 1.93. The first kappa shape index (κ1) is 14.1. The normalized spacial score (nSPS) is 10.5. The van der Waals surface area contributed by atoms with Crippen molar-refractivity contribution in [2.75, 3.05) is 12.4 Å². The van der Waals surface area contributed by atoms with Crippen LogP contribution in [-0.4, -0.2) is 23.0 Å². The maximum absolute atomic E-state index is 5.23. The SMILES string of the molecule is COc1ccccc1NC(=S)N/N=C/c1cccn1C. The van der Waals surface area contributed by atoms with Gasteiger partial charge < -0.3 is 14.6 Å². The van der Waals surface area contributed by atoms with Gasteiger partial charge in [-0.1, -0.05) is 12.1 Å². The molecular formula is C14H16N4OS. The van der Waals surface area contributed by atoms with Crippen molar-refractivity contribution in [1.29, 1.82) is 0 Å². The second-order valence-electron chi connectivity index (χ2n) is 4.07. The third-order valence-corrected chi connectivity index (χ3v) is 2.90. The number of hydrogen-bond donors (Lipinski definition) is 2. The first-order valence-electron chi connectivity index (χ1n) is 6.05. The van der Waals surface area contributed by atoms with Gasteiger partial charge in [-0.15, -0.1) is 0 Å². The van der Waals surface area contributed by atoms with E-state index in [1.807, 2.05) is 54.2 Å². The zero-order valence-electron chi connectivity index (χ0n) is 11.3. The summed E-state index contributed by atoms with van der Waals surface area (Å²) in [6.45, 7) is 0. The van der Waals surface area contributed by atoms with Crippen molar-refractivity contribution in [3.05, 3.63) is 48.3 Å². The average molecular weight is 288 g/mol. The van der Waals surface area contributed by atoms with Gasteiger partial charge in [0.2, 0.25) is 0 Å². The Morgan fingerprint density at radius 1 is 1.30 bits per heavy atom. The smallest absolute Gasteiger partial charge is 0.191 e. The molecule has 1 aromatic carbocycles. The minimum Gasteiger partial charge on any atom is -0.495 e. The van der Waals surface area contributed by atoms with E-state index in [1.54, 1.807) is 13.3 Å². The lowest BCUT2D eigenvalue weighted by Crippen LogP contribution is -2.24. The number of ether oxygens (including phenoxy) is 1. The molecule has 0 atom stereocenters. The molecule has 2 N–H and O–H groups in total. The Morgan fingerprint density at radius 2 is 2.10 bits per heavy atom. The van der Waals surface area contributed by atoms with Crippen LogP contribution >= 0.6 is 12.2 Å². The van der Waals surface area contributed by atoms with Crippen LogP contribution in [0.2, 0.25) is 0 Å². The fraction of sp³-hybridized carbons (Fsp3) is 0.143. The number of aromatic nitrogens is 1. The minimum atomic E-state index is 0.403. The predicted octanol–water partition coefficient (Wildman–Crippen LogP) is 2.35. The van der Waals surface area contributed by atoms with Gasteiger partial charge in [0.15, 0.2) is 5.11 Å². The summed E-state index contributed by atoms with van der Waals surface area (Å²) >= 11 is 5.17. The van der Waals surface area contributed by atoms with Crippen molar-refractivity contribution >= 4 is 29.2 Å². The molecule has 2 aromatic rings. The number of nitrogens with one attached hydrogen (secondary N) is 2. The van der Waals surface area contributed by atoms with E-state index in [-0.39, 0.29) is 0 Å². The van der Waals surface area contributed by atoms with Crippen molar-refractivity contribution < 1.29 is 4.74 Å². The van der Waals surface area contributed by atoms with Gasteiger partial charge in [-0.2, -0.15) is 5.10 Å². The topological polar surface area (TPSA) is 50.6 Å². The largest absolute Gasteiger partial charge is 0.495 e. The molecule has 6 heteroatoms. The molecule has 0 saturated heterocycles. The third kappa shape index (κ3) is 3.58. The molecular weight excluding hydrogens is 272 g/mol. The molecule has 0 radical (unpaired) electrons. The fourth-order valence-corrected chi connectivity index (χ4v) is 1.83. The molecule has 0 fully saturated rings. The highest BCUT2D eigenvalue weighted by Crippen LogP contribution is 2.22. The molecule has 2 rings (SSSR count). The number of rotatable bonds is 4. The highest BCUT2D eigenvalue weighted by Gasteiger charge is 2.02. The van der Waals surface area contributed by atoms with E-state index in [1.165, 1.54) is 0 Å². The number of hydrazone groups is 1. The van der Waals surface area contributed by atoms with Crippen molar-refractivity contribution in [1.82, 2.24) is 9.99 Å². The standard InChI is InChI=1S/C14H16N4OS/c1-18-9-5-6-11(18)10-15-17-14(20)16-12-7-3-4-8-13(12)19-2/h3-10H,1-2H3,(H2,16,17,20)/b15-10+. The number of nitrogens with zero attached hydrogens (tertiary/aromatic N) is 2. The van der Waals surface area contributed by atoms with Crippen LogP contribution in [0.15, 0.2) is 47.7 Å². The van der Waals surface area contributed by atoms with E-state index < -0.39 is 0 Å². The first-order chi connectivity index (χ1) is 9.70. The van der Waals surface area contributed by atoms with Crippen LogP contribution in [-0.2, 0) is 7.05 Å². The molecule has 0 amide bonds. The van der Waals surface area contributed by atoms with Crippen LogP contribution < -0.4 is 15.5 Å². The Bertz CT molecular complexity index is 621. The van der Waals surface area contributed by atoms with E-state index in [9.17, 15) is 0 Å². The Labute approximate surface area is 123 Å². The first-order valence-corrected chi connectivity index (χ1v) is 6.46. The zero-order chi connectivity index (χ0) is 14.4. The lowest BCUT2D eigenvalue weighted by molar-refractivity contribution is 0.417. The molecule has 1 heterocycles. The van der Waals surface area contributed by atoms with E-state index in [0.717, 1.165) is 17.1 Å². The Morgan fingerprint density at radius 3 is 2.80 bits per heavy atom. The highest BCUT2D eigenvalue weighted by molar-refractivity contribution is 7.80. The van der Waals surface area contributed by atoms with Crippen LogP contribution in [0.4, 0.5) is 5.69 Å². The number of thiocarbonyl (C=S) groups is 1. The van der Waals surface area contributed by atoms with Gasteiger partial charge in [-0.25, -0.2) is 0 Å². The summed E-state index contributed by atoms with van der Waals surface area (Å²) in [5.74, 6) is 0.725. The summed E-state index contributed by atoms with van der Waals surface area (Å²) in [5, 5.41) is 7.52. The Kier molecular flexibility index (Phi) is 4.73. The summed E-state index contributed by atoms with van der Waals surface area (Å²) < 4.78 is 7.19. The molecule has 0 unspecified atom stereocenters. The fourth-order valence-electron chi connectivity index (χ4n) is 1.66. The molecule has 5 nitrogen and oxygen atoms in total. The summed E-state index contributed by atoms with van der Waals surface area (Å²) in [7, 11) is 3.57.